The molecule has 1 heterocycles. The predicted molar refractivity (Wildman–Crippen MR) is 100 cm³/mol. The minimum atomic E-state index is -3.03. The minimum Gasteiger partial charge on any atom is -0.354 e. The number of likely N-dealkylation sites (N-methyl/N-ethyl adjacent to an activating group) is 1. The van der Waals surface area contributed by atoms with Crippen LogP contribution in [-0.2, 0) is 9.84 Å². The molecule has 0 atom stereocenters. The van der Waals surface area contributed by atoms with Gasteiger partial charge in [-0.1, -0.05) is 19.3 Å². The highest BCUT2D eigenvalue weighted by molar-refractivity contribution is 7.92. The number of hydrogen-bond acceptors (Lipinski definition) is 4. The summed E-state index contributed by atoms with van der Waals surface area (Å²) in [5, 5.41) is 3.54. The minimum absolute atomic E-state index is 0.172. The van der Waals surface area contributed by atoms with Gasteiger partial charge in [0.15, 0.2) is 15.8 Å². The Kier molecular flexibility index (Phi) is 5.85. The second-order valence-corrected chi connectivity index (χ2v) is 10.8. The van der Waals surface area contributed by atoms with Crippen LogP contribution in [0.5, 0.6) is 0 Å². The smallest absolute Gasteiger partial charge is 0.193 e. The molecule has 2 rings (SSSR count). The van der Waals surface area contributed by atoms with Gasteiger partial charge in [0, 0.05) is 32.2 Å². The van der Waals surface area contributed by atoms with Crippen molar-refractivity contribution < 1.29 is 8.42 Å². The van der Waals surface area contributed by atoms with Crippen LogP contribution in [0.1, 0.15) is 46.0 Å². The summed E-state index contributed by atoms with van der Waals surface area (Å²) in [5.74, 6) is 1.02. The molecule has 24 heavy (non-hydrogen) atoms. The second kappa shape index (κ2) is 7.20. The van der Waals surface area contributed by atoms with Crippen LogP contribution in [0.15, 0.2) is 4.99 Å². The van der Waals surface area contributed by atoms with Gasteiger partial charge in [-0.25, -0.2) is 8.42 Å². The Balaban J connectivity index is 2.05. The lowest BCUT2D eigenvalue weighted by Gasteiger charge is -2.45. The third-order valence-corrected chi connectivity index (χ3v) is 8.40. The Morgan fingerprint density at radius 2 is 1.83 bits per heavy atom. The van der Waals surface area contributed by atoms with E-state index < -0.39 is 14.6 Å². The first kappa shape index (κ1) is 19.5. The molecule has 0 unspecified atom stereocenters. The van der Waals surface area contributed by atoms with E-state index in [-0.39, 0.29) is 11.3 Å². The van der Waals surface area contributed by atoms with E-state index in [1.165, 1.54) is 32.1 Å². The third-order valence-electron chi connectivity index (χ3n) is 5.86. The standard InChI is InChI=1S/C17H34N4O2S/c1-16(2)14-21(11-12-24(16,22)23)15(18-3)19-13-17(20(4)5)9-7-6-8-10-17/h6-14H2,1-5H3,(H,18,19). The first-order chi connectivity index (χ1) is 11.1. The Bertz CT molecular complexity index is 563. The van der Waals surface area contributed by atoms with Gasteiger partial charge >= 0.3 is 0 Å². The fraction of sp³-hybridized carbons (Fsp3) is 0.941. The van der Waals surface area contributed by atoms with Crippen LogP contribution in [0.4, 0.5) is 0 Å². The molecule has 140 valence electrons. The number of hydrogen-bond donors (Lipinski definition) is 1. The molecule has 0 aromatic rings. The largest absolute Gasteiger partial charge is 0.354 e. The zero-order chi connectivity index (χ0) is 18.0. The van der Waals surface area contributed by atoms with Gasteiger partial charge in [-0.15, -0.1) is 0 Å². The van der Waals surface area contributed by atoms with Gasteiger partial charge in [0.1, 0.15) is 0 Å². The fourth-order valence-electron chi connectivity index (χ4n) is 3.89. The fourth-order valence-corrected chi connectivity index (χ4v) is 5.26. The second-order valence-electron chi connectivity index (χ2n) is 8.08. The van der Waals surface area contributed by atoms with Crippen molar-refractivity contribution in [3.63, 3.8) is 0 Å². The number of aliphatic imine (C=N–C) groups is 1. The van der Waals surface area contributed by atoms with E-state index in [0.29, 0.717) is 13.1 Å². The lowest BCUT2D eigenvalue weighted by molar-refractivity contribution is 0.103. The molecule has 0 aromatic carbocycles. The summed E-state index contributed by atoms with van der Waals surface area (Å²) in [7, 11) is 3.07. The van der Waals surface area contributed by atoms with Crippen LogP contribution in [0.3, 0.4) is 0 Å². The average Bonchev–Trinajstić information content (AvgIpc) is 2.52. The van der Waals surface area contributed by atoms with E-state index in [1.807, 2.05) is 13.8 Å². The highest BCUT2D eigenvalue weighted by Gasteiger charge is 2.41. The molecule has 1 N–H and O–H groups in total. The molecule has 1 saturated carbocycles. The summed E-state index contributed by atoms with van der Waals surface area (Å²) in [6.07, 6.45) is 6.26. The van der Waals surface area contributed by atoms with E-state index in [0.717, 1.165) is 12.5 Å². The van der Waals surface area contributed by atoms with Crippen LogP contribution in [0, 0.1) is 0 Å². The van der Waals surface area contributed by atoms with E-state index >= 15 is 0 Å². The molecule has 1 saturated heterocycles. The van der Waals surface area contributed by atoms with Gasteiger partial charge in [0.25, 0.3) is 0 Å². The highest BCUT2D eigenvalue weighted by Crippen LogP contribution is 2.31. The van der Waals surface area contributed by atoms with Crippen molar-refractivity contribution in [1.82, 2.24) is 15.1 Å². The van der Waals surface area contributed by atoms with Crippen molar-refractivity contribution in [2.24, 2.45) is 4.99 Å². The van der Waals surface area contributed by atoms with Crippen LogP contribution in [0.2, 0.25) is 0 Å². The third kappa shape index (κ3) is 3.87. The molecule has 1 aliphatic heterocycles. The number of guanidine groups is 1. The van der Waals surface area contributed by atoms with Crippen molar-refractivity contribution in [3.05, 3.63) is 0 Å². The van der Waals surface area contributed by atoms with Gasteiger partial charge in [-0.05, 0) is 40.8 Å². The number of nitrogens with one attached hydrogen (secondary N) is 1. The molecule has 2 fully saturated rings. The van der Waals surface area contributed by atoms with Crippen molar-refractivity contribution in [2.75, 3.05) is 46.5 Å². The zero-order valence-corrected chi connectivity index (χ0v) is 16.7. The summed E-state index contributed by atoms with van der Waals surface area (Å²) in [6.45, 7) is 5.48. The summed E-state index contributed by atoms with van der Waals surface area (Å²) >= 11 is 0. The molecule has 0 radical (unpaired) electrons. The Morgan fingerprint density at radius 3 is 2.33 bits per heavy atom. The van der Waals surface area contributed by atoms with E-state index in [1.54, 1.807) is 7.05 Å². The van der Waals surface area contributed by atoms with Crippen LogP contribution in [0.25, 0.3) is 0 Å². The van der Waals surface area contributed by atoms with Crippen LogP contribution in [-0.4, -0.2) is 81.0 Å². The van der Waals surface area contributed by atoms with E-state index in [2.05, 4.69) is 34.2 Å². The van der Waals surface area contributed by atoms with Gasteiger partial charge < -0.3 is 15.1 Å². The van der Waals surface area contributed by atoms with Gasteiger partial charge in [-0.3, -0.25) is 4.99 Å². The SMILES string of the molecule is CN=C(NCC1(N(C)C)CCCCC1)N1CCS(=O)(=O)C(C)(C)C1. The summed E-state index contributed by atoms with van der Waals surface area (Å²) in [5.41, 5.74) is 0.172. The monoisotopic (exact) mass is 358 g/mol. The molecule has 0 spiro atoms. The normalized spacial score (nSPS) is 26.4. The lowest BCUT2D eigenvalue weighted by Crippen LogP contribution is -2.60. The van der Waals surface area contributed by atoms with E-state index in [9.17, 15) is 8.42 Å². The molecule has 0 aromatic heterocycles. The Hall–Kier alpha value is -0.820. The number of sulfone groups is 1. The van der Waals surface area contributed by atoms with Gasteiger partial charge in [0.05, 0.1) is 10.5 Å². The number of nitrogens with zero attached hydrogens (tertiary/aromatic N) is 3. The average molecular weight is 359 g/mol. The van der Waals surface area contributed by atoms with Crippen molar-refractivity contribution in [1.29, 1.82) is 0 Å². The summed E-state index contributed by atoms with van der Waals surface area (Å²) in [4.78, 5) is 8.85. The molecular formula is C17H34N4O2S. The van der Waals surface area contributed by atoms with Crippen LogP contribution >= 0.6 is 0 Å². The first-order valence-corrected chi connectivity index (χ1v) is 10.6. The van der Waals surface area contributed by atoms with Gasteiger partial charge in [-0.2, -0.15) is 0 Å². The zero-order valence-electron chi connectivity index (χ0n) is 15.9. The molecule has 1 aliphatic carbocycles. The Morgan fingerprint density at radius 1 is 1.21 bits per heavy atom. The topological polar surface area (TPSA) is 65.0 Å². The summed E-state index contributed by atoms with van der Waals surface area (Å²) in [6, 6.07) is 0. The number of rotatable bonds is 3. The maximum atomic E-state index is 12.2. The van der Waals surface area contributed by atoms with Gasteiger partial charge in [0.2, 0.25) is 0 Å². The highest BCUT2D eigenvalue weighted by atomic mass is 32.2. The van der Waals surface area contributed by atoms with Crippen molar-refractivity contribution in [3.8, 4) is 0 Å². The molecule has 0 amide bonds. The molecular weight excluding hydrogens is 324 g/mol. The quantitative estimate of drug-likeness (QED) is 0.609. The molecule has 6 nitrogen and oxygen atoms in total. The van der Waals surface area contributed by atoms with Crippen molar-refractivity contribution in [2.45, 2.75) is 56.2 Å². The van der Waals surface area contributed by atoms with Crippen molar-refractivity contribution >= 4 is 15.8 Å². The predicted octanol–water partition coefficient (Wildman–Crippen LogP) is 1.34. The maximum Gasteiger partial charge on any atom is 0.193 e. The summed E-state index contributed by atoms with van der Waals surface area (Å²) < 4.78 is 23.7. The maximum absolute atomic E-state index is 12.2. The van der Waals surface area contributed by atoms with Crippen LogP contribution < -0.4 is 5.32 Å². The van der Waals surface area contributed by atoms with E-state index in [4.69, 9.17) is 0 Å². The lowest BCUT2D eigenvalue weighted by atomic mass is 9.80. The molecule has 7 heteroatoms. The molecule has 0 bridgehead atoms. The Labute approximate surface area is 147 Å². The molecule has 2 aliphatic rings. The first-order valence-electron chi connectivity index (χ1n) is 8.99.